The Kier molecular flexibility index (Phi) is 3.78. The zero-order valence-corrected chi connectivity index (χ0v) is 8.33. The lowest BCUT2D eigenvalue weighted by atomic mass is 10.9. The molecule has 0 amide bonds. The number of hydrogen-bond acceptors (Lipinski definition) is 1. The van der Waals surface area contributed by atoms with Crippen molar-refractivity contribution >= 4 is 19.7 Å². The van der Waals surface area contributed by atoms with Gasteiger partial charge < -0.3 is 4.74 Å². The number of rotatable bonds is 3. The summed E-state index contributed by atoms with van der Waals surface area (Å²) in [5, 5.41) is 0. The Balaban J connectivity index is 3.28. The lowest BCUT2D eigenvalue weighted by molar-refractivity contribution is 0.157. The molecule has 0 bridgehead atoms. The van der Waals surface area contributed by atoms with E-state index >= 15 is 0 Å². The second-order valence-electron chi connectivity index (χ2n) is 3.41. The summed E-state index contributed by atoms with van der Waals surface area (Å²) in [6.07, 6.45) is 0.859. The zero-order chi connectivity index (χ0) is 7.49. The van der Waals surface area contributed by atoms with Gasteiger partial charge in [-0.05, 0) is 6.92 Å². The van der Waals surface area contributed by atoms with Gasteiger partial charge in [-0.1, -0.05) is 31.2 Å². The molecule has 0 heterocycles. The van der Waals surface area contributed by atoms with Crippen LogP contribution < -0.4 is 0 Å². The van der Waals surface area contributed by atoms with Crippen LogP contribution in [0.25, 0.3) is 0 Å². The van der Waals surface area contributed by atoms with E-state index in [1.165, 1.54) is 0 Å². The van der Waals surface area contributed by atoms with Gasteiger partial charge in [-0.15, -0.1) is 0 Å². The van der Waals surface area contributed by atoms with Gasteiger partial charge in [-0.2, -0.15) is 0 Å². The summed E-state index contributed by atoms with van der Waals surface area (Å²) in [7, 11) is -1.03. The van der Waals surface area contributed by atoms with Gasteiger partial charge in [0.2, 0.25) is 0 Å². The highest BCUT2D eigenvalue weighted by molar-refractivity contribution is 6.76. The van der Waals surface area contributed by atoms with Crippen molar-refractivity contribution < 1.29 is 4.74 Å². The molecule has 1 atom stereocenters. The van der Waals surface area contributed by atoms with Crippen LogP contribution in [0.2, 0.25) is 19.6 Å². The van der Waals surface area contributed by atoms with Crippen LogP contribution in [-0.4, -0.2) is 19.9 Å². The monoisotopic (exact) mass is 166 g/mol. The molecular weight excluding hydrogens is 152 g/mol. The summed E-state index contributed by atoms with van der Waals surface area (Å²) < 4.78 is 5.23. The topological polar surface area (TPSA) is 9.23 Å². The normalized spacial score (nSPS) is 15.7. The molecule has 0 aromatic heterocycles. The van der Waals surface area contributed by atoms with Crippen molar-refractivity contribution in [3.8, 4) is 0 Å². The Morgan fingerprint density at radius 2 is 1.89 bits per heavy atom. The van der Waals surface area contributed by atoms with Gasteiger partial charge in [0.1, 0.15) is 5.56 Å². The van der Waals surface area contributed by atoms with Crippen LogP contribution in [0.5, 0.6) is 0 Å². The molecule has 0 saturated heterocycles. The molecule has 3 heteroatoms. The average Bonchev–Trinajstić information content (AvgIpc) is 1.59. The lowest BCUT2D eigenvalue weighted by Crippen LogP contribution is -2.29. The van der Waals surface area contributed by atoms with Gasteiger partial charge in [0.15, 0.2) is 0 Å². The van der Waals surface area contributed by atoms with Crippen molar-refractivity contribution in [3.05, 3.63) is 0 Å². The molecule has 0 rings (SSSR count). The first-order valence-electron chi connectivity index (χ1n) is 3.17. The van der Waals surface area contributed by atoms with Gasteiger partial charge in [0.25, 0.3) is 0 Å². The molecule has 0 radical (unpaired) electrons. The molecule has 0 aliphatic heterocycles. The summed E-state index contributed by atoms with van der Waals surface area (Å²) >= 11 is 5.58. The predicted molar refractivity (Wildman–Crippen MR) is 44.6 cm³/mol. The summed E-state index contributed by atoms with van der Waals surface area (Å²) in [6.45, 7) is 8.62. The Morgan fingerprint density at radius 1 is 1.44 bits per heavy atom. The second kappa shape index (κ2) is 3.59. The molecule has 0 aromatic rings. The van der Waals surface area contributed by atoms with Crippen molar-refractivity contribution in [1.29, 1.82) is 0 Å². The maximum Gasteiger partial charge on any atom is 0.127 e. The summed E-state index contributed by atoms with van der Waals surface area (Å²) in [6, 6.07) is 0. The van der Waals surface area contributed by atoms with E-state index in [4.69, 9.17) is 16.3 Å². The van der Waals surface area contributed by atoms with Gasteiger partial charge in [0.05, 0.1) is 8.07 Å². The van der Waals surface area contributed by atoms with Crippen molar-refractivity contribution in [2.24, 2.45) is 0 Å². The van der Waals surface area contributed by atoms with Crippen molar-refractivity contribution in [2.75, 3.05) is 6.23 Å². The Bertz CT molecular complexity index is 77.6. The van der Waals surface area contributed by atoms with Crippen molar-refractivity contribution in [3.63, 3.8) is 0 Å². The maximum atomic E-state index is 5.58. The van der Waals surface area contributed by atoms with Crippen LogP contribution in [0.15, 0.2) is 0 Å². The molecule has 1 unspecified atom stereocenters. The van der Waals surface area contributed by atoms with Crippen LogP contribution >= 0.6 is 11.6 Å². The van der Waals surface area contributed by atoms with Gasteiger partial charge in [-0.25, -0.2) is 0 Å². The minimum absolute atomic E-state index is 0.128. The first kappa shape index (κ1) is 9.47. The van der Waals surface area contributed by atoms with Crippen LogP contribution in [-0.2, 0) is 4.74 Å². The molecule has 9 heavy (non-hydrogen) atoms. The number of hydrogen-bond donors (Lipinski definition) is 0. The zero-order valence-electron chi connectivity index (χ0n) is 6.57. The highest BCUT2D eigenvalue weighted by Crippen LogP contribution is 2.04. The third kappa shape index (κ3) is 8.47. The van der Waals surface area contributed by atoms with E-state index in [2.05, 4.69) is 19.6 Å². The quantitative estimate of drug-likeness (QED) is 0.463. The van der Waals surface area contributed by atoms with E-state index in [-0.39, 0.29) is 5.56 Å². The first-order valence-corrected chi connectivity index (χ1v) is 7.32. The van der Waals surface area contributed by atoms with Gasteiger partial charge in [0, 0.05) is 6.23 Å². The fourth-order valence-electron chi connectivity index (χ4n) is 0.365. The van der Waals surface area contributed by atoms with E-state index in [0.29, 0.717) is 0 Å². The molecule has 0 aromatic carbocycles. The van der Waals surface area contributed by atoms with Crippen LogP contribution in [0.3, 0.4) is 0 Å². The van der Waals surface area contributed by atoms with Crippen molar-refractivity contribution in [1.82, 2.24) is 0 Å². The molecule has 0 aliphatic rings. The molecule has 0 saturated carbocycles. The average molecular weight is 167 g/mol. The molecular formula is C6H15ClOSi. The Morgan fingerprint density at radius 3 is 2.00 bits per heavy atom. The van der Waals surface area contributed by atoms with Crippen LogP contribution in [0.1, 0.15) is 6.92 Å². The van der Waals surface area contributed by atoms with Crippen LogP contribution in [0, 0.1) is 0 Å². The second-order valence-corrected chi connectivity index (χ2v) is 9.44. The van der Waals surface area contributed by atoms with E-state index in [9.17, 15) is 0 Å². The summed E-state index contributed by atoms with van der Waals surface area (Å²) in [5.74, 6) is 0. The Hall–Kier alpha value is 0.467. The lowest BCUT2D eigenvalue weighted by Gasteiger charge is -2.16. The smallest absolute Gasteiger partial charge is 0.127 e. The van der Waals surface area contributed by atoms with Gasteiger partial charge >= 0.3 is 0 Å². The number of halogens is 1. The number of ether oxygens (including phenoxy) is 1. The molecule has 0 N–H and O–H groups in total. The summed E-state index contributed by atoms with van der Waals surface area (Å²) in [5.41, 5.74) is -0.128. The fraction of sp³-hybridized carbons (Fsp3) is 1.00. The molecule has 0 fully saturated rings. The van der Waals surface area contributed by atoms with E-state index in [1.54, 1.807) is 0 Å². The minimum atomic E-state index is -1.03. The number of alkyl halides is 1. The molecule has 0 spiro atoms. The highest BCUT2D eigenvalue weighted by Gasteiger charge is 2.13. The fourth-order valence-corrected chi connectivity index (χ4v) is 1.28. The highest BCUT2D eigenvalue weighted by atomic mass is 35.5. The molecule has 56 valence electrons. The third-order valence-corrected chi connectivity index (χ3v) is 1.90. The largest absolute Gasteiger partial charge is 0.366 e. The van der Waals surface area contributed by atoms with E-state index in [0.717, 1.165) is 6.23 Å². The van der Waals surface area contributed by atoms with Crippen LogP contribution in [0.4, 0.5) is 0 Å². The molecule has 1 nitrogen and oxygen atoms in total. The third-order valence-electron chi connectivity index (χ3n) is 0.746. The van der Waals surface area contributed by atoms with Crippen molar-refractivity contribution in [2.45, 2.75) is 32.1 Å². The SMILES string of the molecule is CC(Cl)OC[Si](C)(C)C. The first-order chi connectivity index (χ1) is 3.92. The maximum absolute atomic E-state index is 5.58. The molecule has 0 aliphatic carbocycles. The van der Waals surface area contributed by atoms with E-state index < -0.39 is 8.07 Å². The standard InChI is InChI=1S/C6H15ClOSi/c1-6(7)8-5-9(2,3)4/h6H,5H2,1-4H3. The predicted octanol–water partition coefficient (Wildman–Crippen LogP) is 2.47. The van der Waals surface area contributed by atoms with Gasteiger partial charge in [-0.3, -0.25) is 0 Å². The Labute approximate surface area is 63.4 Å². The summed E-state index contributed by atoms with van der Waals surface area (Å²) in [4.78, 5) is 0. The minimum Gasteiger partial charge on any atom is -0.366 e. The van der Waals surface area contributed by atoms with E-state index in [1.807, 2.05) is 6.92 Å².